The highest BCUT2D eigenvalue weighted by Gasteiger charge is 2.38. The Hall–Kier alpha value is -2.08. The zero-order valence-corrected chi connectivity index (χ0v) is 14.0. The van der Waals surface area contributed by atoms with E-state index in [1.807, 2.05) is 44.6 Å². The number of carbonyl (C=O) groups excluding carboxylic acids is 1. The maximum Gasteiger partial charge on any atom is 0.226 e. The Bertz CT molecular complexity index is 690. The first-order valence-electron chi connectivity index (χ1n) is 7.94. The van der Waals surface area contributed by atoms with Gasteiger partial charge in [-0.15, -0.1) is 0 Å². The van der Waals surface area contributed by atoms with Gasteiger partial charge in [0.05, 0.1) is 30.0 Å². The molecule has 1 amide bonds. The van der Waals surface area contributed by atoms with Crippen LogP contribution in [0.5, 0.6) is 0 Å². The minimum Gasteiger partial charge on any atom is -0.467 e. The lowest BCUT2D eigenvalue weighted by Crippen LogP contribution is -2.34. The fourth-order valence-electron chi connectivity index (χ4n) is 3.27. The summed E-state index contributed by atoms with van der Waals surface area (Å²) in [6, 6.07) is 3.53. The third-order valence-corrected chi connectivity index (χ3v) is 4.61. The van der Waals surface area contributed by atoms with Crippen LogP contribution < -0.4 is 5.32 Å². The van der Waals surface area contributed by atoms with Crippen molar-refractivity contribution < 1.29 is 13.9 Å². The van der Waals surface area contributed by atoms with Gasteiger partial charge in [-0.3, -0.25) is 9.48 Å². The molecule has 6 nitrogen and oxygen atoms in total. The molecule has 0 bridgehead atoms. The third-order valence-electron chi connectivity index (χ3n) is 4.61. The topological polar surface area (TPSA) is 69.3 Å². The largest absolute Gasteiger partial charge is 0.467 e. The molecule has 1 saturated heterocycles. The number of aryl methyl sites for hydroxylation is 2. The smallest absolute Gasteiger partial charge is 0.226 e. The van der Waals surface area contributed by atoms with E-state index >= 15 is 0 Å². The van der Waals surface area contributed by atoms with Gasteiger partial charge in [0.15, 0.2) is 0 Å². The fourth-order valence-corrected chi connectivity index (χ4v) is 3.27. The first-order valence-corrected chi connectivity index (χ1v) is 7.94. The summed E-state index contributed by atoms with van der Waals surface area (Å²) in [7, 11) is 1.91. The summed E-state index contributed by atoms with van der Waals surface area (Å²) < 4.78 is 13.1. The number of hydrogen-bond donors (Lipinski definition) is 1. The standard InChI is InChI=1S/C17H23N3O3/c1-10(14-6-5-8-22-14)18-17(21)13-7-9-23-16(13)15-11(2)19-20(4)12(15)3/h5-6,8,10,13,16H,7,9H2,1-4H3,(H,18,21)/t10-,13+,16+/m1/s1. The number of rotatable bonds is 4. The molecule has 0 aliphatic carbocycles. The zero-order chi connectivity index (χ0) is 16.6. The van der Waals surface area contributed by atoms with Gasteiger partial charge < -0.3 is 14.5 Å². The summed E-state index contributed by atoms with van der Waals surface area (Å²) >= 11 is 0. The molecule has 3 heterocycles. The summed E-state index contributed by atoms with van der Waals surface area (Å²) in [5, 5.41) is 7.47. The Balaban J connectivity index is 1.77. The van der Waals surface area contributed by atoms with Gasteiger partial charge in [-0.1, -0.05) is 0 Å². The highest BCUT2D eigenvalue weighted by molar-refractivity contribution is 5.80. The van der Waals surface area contributed by atoms with Crippen molar-refractivity contribution >= 4 is 5.91 Å². The molecular formula is C17H23N3O3. The number of aromatic nitrogens is 2. The predicted octanol–water partition coefficient (Wildman–Crippen LogP) is 2.58. The molecule has 3 rings (SSSR count). The molecular weight excluding hydrogens is 294 g/mol. The van der Waals surface area contributed by atoms with E-state index in [9.17, 15) is 4.79 Å². The van der Waals surface area contributed by atoms with Crippen LogP contribution >= 0.6 is 0 Å². The lowest BCUT2D eigenvalue weighted by molar-refractivity contribution is -0.127. The normalized spacial score (nSPS) is 22.3. The maximum atomic E-state index is 12.7. The van der Waals surface area contributed by atoms with E-state index in [0.29, 0.717) is 6.61 Å². The van der Waals surface area contributed by atoms with Crippen LogP contribution in [0, 0.1) is 19.8 Å². The molecule has 1 aliphatic rings. The molecule has 0 saturated carbocycles. The summed E-state index contributed by atoms with van der Waals surface area (Å²) in [6.07, 6.45) is 2.10. The number of nitrogens with zero attached hydrogens (tertiary/aromatic N) is 2. The van der Waals surface area contributed by atoms with Crippen LogP contribution in [0.25, 0.3) is 0 Å². The summed E-state index contributed by atoms with van der Waals surface area (Å²) in [4.78, 5) is 12.7. The van der Waals surface area contributed by atoms with Crippen molar-refractivity contribution in [3.63, 3.8) is 0 Å². The van der Waals surface area contributed by atoms with Gasteiger partial charge in [-0.05, 0) is 39.3 Å². The molecule has 0 unspecified atom stereocenters. The molecule has 124 valence electrons. The highest BCUT2D eigenvalue weighted by atomic mass is 16.5. The highest BCUT2D eigenvalue weighted by Crippen LogP contribution is 2.38. The van der Waals surface area contributed by atoms with Gasteiger partial charge in [0.2, 0.25) is 5.91 Å². The number of ether oxygens (including phenoxy) is 1. The van der Waals surface area contributed by atoms with Crippen molar-refractivity contribution in [3.05, 3.63) is 41.1 Å². The second-order valence-electron chi connectivity index (χ2n) is 6.14. The Morgan fingerprint density at radius 1 is 1.48 bits per heavy atom. The van der Waals surface area contributed by atoms with E-state index in [4.69, 9.17) is 9.15 Å². The van der Waals surface area contributed by atoms with Crippen molar-refractivity contribution in [2.75, 3.05) is 6.61 Å². The van der Waals surface area contributed by atoms with E-state index in [2.05, 4.69) is 10.4 Å². The summed E-state index contributed by atoms with van der Waals surface area (Å²) in [6.45, 7) is 6.48. The molecule has 2 aromatic rings. The molecule has 1 fully saturated rings. The Morgan fingerprint density at radius 3 is 2.87 bits per heavy atom. The van der Waals surface area contributed by atoms with E-state index in [0.717, 1.165) is 29.1 Å². The van der Waals surface area contributed by atoms with Crippen molar-refractivity contribution in [3.8, 4) is 0 Å². The fraction of sp³-hybridized carbons (Fsp3) is 0.529. The van der Waals surface area contributed by atoms with Gasteiger partial charge in [-0.2, -0.15) is 5.10 Å². The van der Waals surface area contributed by atoms with Crippen LogP contribution in [0.2, 0.25) is 0 Å². The van der Waals surface area contributed by atoms with Crippen molar-refractivity contribution in [2.45, 2.75) is 39.3 Å². The van der Waals surface area contributed by atoms with E-state index in [1.54, 1.807) is 6.26 Å². The van der Waals surface area contributed by atoms with Crippen LogP contribution in [0.15, 0.2) is 22.8 Å². The average Bonchev–Trinajstić information content (AvgIpc) is 3.21. The number of nitrogens with one attached hydrogen (secondary N) is 1. The van der Waals surface area contributed by atoms with E-state index < -0.39 is 0 Å². The zero-order valence-electron chi connectivity index (χ0n) is 14.0. The molecule has 0 radical (unpaired) electrons. The number of carbonyl (C=O) groups is 1. The number of hydrogen-bond acceptors (Lipinski definition) is 4. The molecule has 0 spiro atoms. The molecule has 23 heavy (non-hydrogen) atoms. The predicted molar refractivity (Wildman–Crippen MR) is 84.7 cm³/mol. The second kappa shape index (κ2) is 6.20. The number of furan rings is 1. The Morgan fingerprint density at radius 2 is 2.26 bits per heavy atom. The van der Waals surface area contributed by atoms with Gasteiger partial charge >= 0.3 is 0 Å². The first kappa shape index (κ1) is 15.8. The van der Waals surface area contributed by atoms with Crippen molar-refractivity contribution in [1.82, 2.24) is 15.1 Å². The lowest BCUT2D eigenvalue weighted by atomic mass is 9.93. The Kier molecular flexibility index (Phi) is 4.26. The van der Waals surface area contributed by atoms with E-state index in [1.165, 1.54) is 0 Å². The molecule has 1 aliphatic heterocycles. The van der Waals surface area contributed by atoms with Gasteiger partial charge in [0.25, 0.3) is 0 Å². The minimum absolute atomic E-state index is 0.000877. The van der Waals surface area contributed by atoms with Crippen molar-refractivity contribution in [2.24, 2.45) is 13.0 Å². The lowest BCUT2D eigenvalue weighted by Gasteiger charge is -2.21. The average molecular weight is 317 g/mol. The van der Waals surface area contributed by atoms with Gasteiger partial charge in [-0.25, -0.2) is 0 Å². The van der Waals surface area contributed by atoms with Crippen LogP contribution in [-0.4, -0.2) is 22.3 Å². The minimum atomic E-state index is -0.229. The summed E-state index contributed by atoms with van der Waals surface area (Å²) in [5.74, 6) is 0.551. The van der Waals surface area contributed by atoms with Crippen LogP contribution in [0.4, 0.5) is 0 Å². The van der Waals surface area contributed by atoms with Crippen LogP contribution in [-0.2, 0) is 16.6 Å². The third kappa shape index (κ3) is 2.91. The van der Waals surface area contributed by atoms with E-state index in [-0.39, 0.29) is 24.0 Å². The number of amides is 1. The van der Waals surface area contributed by atoms with Crippen LogP contribution in [0.3, 0.4) is 0 Å². The van der Waals surface area contributed by atoms with Gasteiger partial charge in [0.1, 0.15) is 5.76 Å². The SMILES string of the molecule is Cc1nn(C)c(C)c1[C@H]1OCC[C@@H]1C(=O)N[C@H](C)c1ccco1. The maximum absolute atomic E-state index is 12.7. The molecule has 2 aromatic heterocycles. The Labute approximate surface area is 135 Å². The quantitative estimate of drug-likeness (QED) is 0.941. The molecule has 1 N–H and O–H groups in total. The van der Waals surface area contributed by atoms with Gasteiger partial charge in [0, 0.05) is 24.9 Å². The molecule has 3 atom stereocenters. The monoisotopic (exact) mass is 317 g/mol. The van der Waals surface area contributed by atoms with Crippen LogP contribution in [0.1, 0.15) is 48.2 Å². The van der Waals surface area contributed by atoms with Crippen molar-refractivity contribution in [1.29, 1.82) is 0 Å². The second-order valence-corrected chi connectivity index (χ2v) is 6.14. The molecule has 0 aromatic carbocycles. The molecule has 6 heteroatoms. The first-order chi connectivity index (χ1) is 11.0. The summed E-state index contributed by atoms with van der Waals surface area (Å²) in [5.41, 5.74) is 3.01.